The molecule has 1 unspecified atom stereocenters. The van der Waals surface area contributed by atoms with Crippen molar-refractivity contribution >= 4 is 28.1 Å². The zero-order chi connectivity index (χ0) is 23.8. The first-order chi connectivity index (χ1) is 15.6. The second kappa shape index (κ2) is 8.72. The Morgan fingerprint density at radius 3 is 2.52 bits per heavy atom. The summed E-state index contributed by atoms with van der Waals surface area (Å²) in [7, 11) is 1.45. The van der Waals surface area contributed by atoms with E-state index in [1.54, 1.807) is 25.1 Å². The summed E-state index contributed by atoms with van der Waals surface area (Å²) < 4.78 is 50.1. The van der Waals surface area contributed by atoms with Crippen molar-refractivity contribution in [3.63, 3.8) is 0 Å². The van der Waals surface area contributed by atoms with E-state index in [1.807, 2.05) is 30.3 Å². The van der Waals surface area contributed by atoms with Crippen LogP contribution in [0.1, 0.15) is 23.2 Å². The molecule has 1 aliphatic rings. The van der Waals surface area contributed by atoms with E-state index in [-0.39, 0.29) is 22.4 Å². The summed E-state index contributed by atoms with van der Waals surface area (Å²) in [6.45, 7) is 0.145. The summed E-state index contributed by atoms with van der Waals surface area (Å²) in [5.74, 6) is 0.378. The summed E-state index contributed by atoms with van der Waals surface area (Å²) in [6.07, 6.45) is 0.520. The average Bonchev–Trinajstić information content (AvgIpc) is 2.79. The Morgan fingerprint density at radius 2 is 1.91 bits per heavy atom. The van der Waals surface area contributed by atoms with Crippen LogP contribution in [0.5, 0.6) is 5.75 Å². The molecule has 0 spiro atoms. The Labute approximate surface area is 193 Å². The SMILES string of the molecule is COc1cc2[nH]c(C)c(C3(OCC(F)(F)F)C=CC(c4ccccc4)=CC3)c(=O)c2cc1Cl. The quantitative estimate of drug-likeness (QED) is 0.470. The van der Waals surface area contributed by atoms with Gasteiger partial charge in [-0.15, -0.1) is 0 Å². The minimum Gasteiger partial charge on any atom is -0.495 e. The number of hydrogen-bond donors (Lipinski definition) is 1. The summed E-state index contributed by atoms with van der Waals surface area (Å²) in [6, 6.07) is 12.5. The largest absolute Gasteiger partial charge is 0.495 e. The first kappa shape index (κ1) is 23.1. The number of ether oxygens (including phenoxy) is 2. The van der Waals surface area contributed by atoms with E-state index in [0.29, 0.717) is 17.0 Å². The normalized spacial score (nSPS) is 18.4. The molecule has 8 heteroatoms. The lowest BCUT2D eigenvalue weighted by atomic mass is 9.82. The predicted octanol–water partition coefficient (Wildman–Crippen LogP) is 6.32. The molecule has 1 aliphatic carbocycles. The average molecular weight is 476 g/mol. The number of rotatable bonds is 5. The fourth-order valence-electron chi connectivity index (χ4n) is 4.12. The number of alkyl halides is 3. The Kier molecular flexibility index (Phi) is 6.12. The van der Waals surface area contributed by atoms with E-state index >= 15 is 0 Å². The van der Waals surface area contributed by atoms with Crippen molar-refractivity contribution in [2.45, 2.75) is 25.1 Å². The van der Waals surface area contributed by atoms with Crippen LogP contribution in [-0.2, 0) is 10.3 Å². The number of methoxy groups -OCH3 is 1. The maximum Gasteiger partial charge on any atom is 0.411 e. The van der Waals surface area contributed by atoms with Crippen LogP contribution in [-0.4, -0.2) is 24.9 Å². The van der Waals surface area contributed by atoms with Gasteiger partial charge in [0.2, 0.25) is 0 Å². The first-order valence-corrected chi connectivity index (χ1v) is 10.6. The standard InChI is InChI=1S/C25H21ClF3NO3/c1-15-22(23(31)18-12-19(26)21(32-2)13-20(18)30-15)24(33-14-25(27,28)29)10-8-17(9-11-24)16-6-4-3-5-7-16/h3-10,12-13H,11,14H2,1-2H3,(H,30,31). The third-order valence-corrected chi connectivity index (χ3v) is 5.94. The second-order valence-electron chi connectivity index (χ2n) is 7.84. The molecule has 2 aromatic carbocycles. The smallest absolute Gasteiger partial charge is 0.411 e. The minimum atomic E-state index is -4.56. The number of aromatic nitrogens is 1. The van der Waals surface area contributed by atoms with Crippen LogP contribution in [0.4, 0.5) is 13.2 Å². The number of fused-ring (bicyclic) bond motifs is 1. The lowest BCUT2D eigenvalue weighted by molar-refractivity contribution is -0.199. The number of hydrogen-bond acceptors (Lipinski definition) is 3. The van der Waals surface area contributed by atoms with E-state index in [1.165, 1.54) is 19.3 Å². The Bertz CT molecular complexity index is 1310. The summed E-state index contributed by atoms with van der Waals surface area (Å²) in [5.41, 5.74) is 0.695. The Morgan fingerprint density at radius 1 is 1.18 bits per heavy atom. The maximum absolute atomic E-state index is 13.5. The van der Waals surface area contributed by atoms with Gasteiger partial charge < -0.3 is 14.5 Å². The van der Waals surface area contributed by atoms with Crippen molar-refractivity contribution in [2.24, 2.45) is 0 Å². The molecule has 0 radical (unpaired) electrons. The van der Waals surface area contributed by atoms with Gasteiger partial charge in [0.25, 0.3) is 0 Å². The van der Waals surface area contributed by atoms with E-state index < -0.39 is 23.8 Å². The Balaban J connectivity index is 1.86. The monoisotopic (exact) mass is 475 g/mol. The van der Waals surface area contributed by atoms with Gasteiger partial charge in [0.1, 0.15) is 18.0 Å². The van der Waals surface area contributed by atoms with Crippen molar-refractivity contribution in [3.8, 4) is 5.75 Å². The summed E-state index contributed by atoms with van der Waals surface area (Å²) >= 11 is 6.21. The zero-order valence-electron chi connectivity index (χ0n) is 17.9. The van der Waals surface area contributed by atoms with Crippen molar-refractivity contribution in [1.29, 1.82) is 0 Å². The number of halogens is 4. The molecule has 1 N–H and O–H groups in total. The second-order valence-corrected chi connectivity index (χ2v) is 8.25. The number of benzene rings is 2. The lowest BCUT2D eigenvalue weighted by Crippen LogP contribution is -2.38. The van der Waals surface area contributed by atoms with Crippen LogP contribution in [0.2, 0.25) is 5.02 Å². The van der Waals surface area contributed by atoms with Gasteiger partial charge >= 0.3 is 6.18 Å². The van der Waals surface area contributed by atoms with E-state index in [4.69, 9.17) is 21.1 Å². The van der Waals surface area contributed by atoms with Gasteiger partial charge in [0.05, 0.1) is 23.2 Å². The maximum atomic E-state index is 13.5. The van der Waals surface area contributed by atoms with Gasteiger partial charge in [-0.25, -0.2) is 0 Å². The number of allylic oxidation sites excluding steroid dienone is 2. The molecule has 0 amide bonds. The number of H-pyrrole nitrogens is 1. The van der Waals surface area contributed by atoms with Crippen molar-refractivity contribution in [3.05, 3.63) is 92.8 Å². The van der Waals surface area contributed by atoms with E-state index in [2.05, 4.69) is 4.98 Å². The van der Waals surface area contributed by atoms with Gasteiger partial charge in [-0.3, -0.25) is 4.79 Å². The van der Waals surface area contributed by atoms with Crippen LogP contribution in [0.15, 0.2) is 65.5 Å². The fraction of sp³-hybridized carbons (Fsp3) is 0.240. The topological polar surface area (TPSA) is 51.3 Å². The van der Waals surface area contributed by atoms with Crippen LogP contribution >= 0.6 is 11.6 Å². The number of aromatic amines is 1. The molecule has 1 heterocycles. The van der Waals surface area contributed by atoms with Crippen LogP contribution in [0.3, 0.4) is 0 Å². The molecule has 4 rings (SSSR count). The van der Waals surface area contributed by atoms with Crippen LogP contribution in [0, 0.1) is 6.92 Å². The Hall–Kier alpha value is -3.03. The highest BCUT2D eigenvalue weighted by Crippen LogP contribution is 2.39. The molecule has 0 saturated carbocycles. The van der Waals surface area contributed by atoms with Crippen LogP contribution < -0.4 is 10.2 Å². The van der Waals surface area contributed by atoms with E-state index in [9.17, 15) is 18.0 Å². The number of aryl methyl sites for hydroxylation is 1. The molecule has 172 valence electrons. The van der Waals surface area contributed by atoms with Crippen molar-refractivity contribution < 1.29 is 22.6 Å². The van der Waals surface area contributed by atoms with Gasteiger partial charge in [-0.05, 0) is 30.2 Å². The van der Waals surface area contributed by atoms with Gasteiger partial charge in [-0.2, -0.15) is 13.2 Å². The van der Waals surface area contributed by atoms with Crippen molar-refractivity contribution in [1.82, 2.24) is 4.98 Å². The molecule has 0 saturated heterocycles. The lowest BCUT2D eigenvalue weighted by Gasteiger charge is -2.34. The molecule has 1 atom stereocenters. The third-order valence-electron chi connectivity index (χ3n) is 5.64. The number of nitrogens with one attached hydrogen (secondary N) is 1. The van der Waals surface area contributed by atoms with Crippen molar-refractivity contribution in [2.75, 3.05) is 13.7 Å². The molecule has 0 bridgehead atoms. The summed E-state index contributed by atoms with van der Waals surface area (Å²) in [5, 5.41) is 0.462. The van der Waals surface area contributed by atoms with Gasteiger partial charge in [0, 0.05) is 23.6 Å². The predicted molar refractivity (Wildman–Crippen MR) is 123 cm³/mol. The molecule has 1 aromatic heterocycles. The summed E-state index contributed by atoms with van der Waals surface area (Å²) in [4.78, 5) is 16.7. The minimum absolute atomic E-state index is 0.0587. The third kappa shape index (κ3) is 4.56. The molecule has 4 nitrogen and oxygen atoms in total. The highest BCUT2D eigenvalue weighted by atomic mass is 35.5. The fourth-order valence-corrected chi connectivity index (χ4v) is 4.36. The molecule has 3 aromatic rings. The highest BCUT2D eigenvalue weighted by molar-refractivity contribution is 6.32. The number of pyridine rings is 1. The van der Waals surface area contributed by atoms with Crippen LogP contribution in [0.25, 0.3) is 16.5 Å². The molecular weight excluding hydrogens is 455 g/mol. The molecular formula is C25H21ClF3NO3. The molecule has 0 aliphatic heterocycles. The first-order valence-electron chi connectivity index (χ1n) is 10.2. The van der Waals surface area contributed by atoms with Gasteiger partial charge in [0.15, 0.2) is 5.43 Å². The highest BCUT2D eigenvalue weighted by Gasteiger charge is 2.40. The zero-order valence-corrected chi connectivity index (χ0v) is 18.7. The molecule has 0 fully saturated rings. The van der Waals surface area contributed by atoms with E-state index in [0.717, 1.165) is 11.1 Å². The van der Waals surface area contributed by atoms with Gasteiger partial charge in [-0.1, -0.05) is 54.1 Å². The molecule has 33 heavy (non-hydrogen) atoms.